The number of fused-ring (bicyclic) bond motifs is 2. The molecule has 0 unspecified atom stereocenters. The molecule has 4 aromatic rings. The highest BCUT2D eigenvalue weighted by atomic mass is 15.2. The molecule has 24 heavy (non-hydrogen) atoms. The molecule has 7 nitrogen and oxygen atoms in total. The van der Waals surface area contributed by atoms with Gasteiger partial charge >= 0.3 is 0 Å². The molecule has 0 aliphatic heterocycles. The molecular formula is C17H19N7. The van der Waals surface area contributed by atoms with E-state index in [9.17, 15) is 0 Å². The molecule has 0 aliphatic carbocycles. The Morgan fingerprint density at radius 2 is 2.12 bits per heavy atom. The predicted octanol–water partition coefficient (Wildman–Crippen LogP) is 3.04. The summed E-state index contributed by atoms with van der Waals surface area (Å²) in [7, 11) is 0. The molecule has 0 amide bonds. The van der Waals surface area contributed by atoms with E-state index in [4.69, 9.17) is 0 Å². The molecule has 0 saturated heterocycles. The van der Waals surface area contributed by atoms with Crippen molar-refractivity contribution in [2.45, 2.75) is 20.8 Å². The van der Waals surface area contributed by atoms with E-state index in [1.807, 2.05) is 37.6 Å². The van der Waals surface area contributed by atoms with Gasteiger partial charge in [0.25, 0.3) is 0 Å². The van der Waals surface area contributed by atoms with Crippen molar-refractivity contribution in [1.29, 1.82) is 0 Å². The van der Waals surface area contributed by atoms with Crippen LogP contribution < -0.4 is 5.32 Å². The second-order valence-corrected chi connectivity index (χ2v) is 6.34. The Balaban J connectivity index is 1.73. The zero-order valence-corrected chi connectivity index (χ0v) is 13.9. The van der Waals surface area contributed by atoms with Crippen LogP contribution in [0.2, 0.25) is 0 Å². The van der Waals surface area contributed by atoms with E-state index in [1.165, 1.54) is 0 Å². The third-order valence-electron chi connectivity index (χ3n) is 3.82. The summed E-state index contributed by atoms with van der Waals surface area (Å²) in [4.78, 5) is 16.6. The lowest BCUT2D eigenvalue weighted by atomic mass is 10.2. The highest BCUT2D eigenvalue weighted by molar-refractivity contribution is 5.92. The summed E-state index contributed by atoms with van der Waals surface area (Å²) >= 11 is 0. The van der Waals surface area contributed by atoms with Gasteiger partial charge in [-0.2, -0.15) is 10.1 Å². The van der Waals surface area contributed by atoms with Gasteiger partial charge in [-0.3, -0.25) is 0 Å². The molecule has 0 saturated carbocycles. The van der Waals surface area contributed by atoms with Crippen LogP contribution in [0.4, 0.5) is 5.95 Å². The minimum Gasteiger partial charge on any atom is -0.354 e. The first-order valence-corrected chi connectivity index (χ1v) is 8.01. The van der Waals surface area contributed by atoms with Gasteiger partial charge in [-0.25, -0.2) is 14.5 Å². The van der Waals surface area contributed by atoms with E-state index in [0.29, 0.717) is 11.9 Å². The molecule has 4 aromatic heterocycles. The molecule has 0 radical (unpaired) electrons. The quantitative estimate of drug-likeness (QED) is 0.603. The Morgan fingerprint density at radius 1 is 1.25 bits per heavy atom. The topological polar surface area (TPSA) is 83.8 Å². The standard InChI is InChI=1S/C17H19N7/c1-10(2)6-19-17-20-8-13-12(7-18-16(13)22-17)14-4-5-15-21-11(3)9-24(15)23-14/h4-5,7-10H,6H2,1-3H3,(H2,18,19,20,22). The fourth-order valence-corrected chi connectivity index (χ4v) is 2.64. The normalized spacial score (nSPS) is 11.7. The van der Waals surface area contributed by atoms with E-state index in [1.54, 1.807) is 4.52 Å². The van der Waals surface area contributed by atoms with Gasteiger partial charge in [0, 0.05) is 29.9 Å². The van der Waals surface area contributed by atoms with Gasteiger partial charge in [-0.05, 0) is 25.0 Å². The van der Waals surface area contributed by atoms with E-state index in [-0.39, 0.29) is 0 Å². The first kappa shape index (κ1) is 14.6. The zero-order valence-electron chi connectivity index (χ0n) is 13.9. The molecule has 7 heteroatoms. The molecule has 0 spiro atoms. The number of nitrogens with zero attached hydrogens (tertiary/aromatic N) is 5. The van der Waals surface area contributed by atoms with Gasteiger partial charge in [0.1, 0.15) is 5.65 Å². The second-order valence-electron chi connectivity index (χ2n) is 6.34. The monoisotopic (exact) mass is 321 g/mol. The maximum Gasteiger partial charge on any atom is 0.224 e. The van der Waals surface area contributed by atoms with Crippen LogP contribution in [0.25, 0.3) is 27.9 Å². The molecule has 0 atom stereocenters. The summed E-state index contributed by atoms with van der Waals surface area (Å²) < 4.78 is 1.79. The highest BCUT2D eigenvalue weighted by Gasteiger charge is 2.11. The second kappa shape index (κ2) is 5.59. The lowest BCUT2D eigenvalue weighted by molar-refractivity contribution is 0.685. The average Bonchev–Trinajstić information content (AvgIpc) is 3.13. The van der Waals surface area contributed by atoms with E-state index in [0.717, 1.165) is 40.2 Å². The minimum absolute atomic E-state index is 0.540. The van der Waals surface area contributed by atoms with Crippen LogP contribution in [0.3, 0.4) is 0 Å². The molecule has 0 aliphatic rings. The lowest BCUT2D eigenvalue weighted by Crippen LogP contribution is -2.10. The third kappa shape index (κ3) is 2.58. The molecule has 4 rings (SSSR count). The van der Waals surface area contributed by atoms with Crippen molar-refractivity contribution < 1.29 is 0 Å². The largest absolute Gasteiger partial charge is 0.354 e. The number of nitrogens with one attached hydrogen (secondary N) is 2. The van der Waals surface area contributed by atoms with Crippen molar-refractivity contribution in [2.75, 3.05) is 11.9 Å². The zero-order chi connectivity index (χ0) is 16.7. The van der Waals surface area contributed by atoms with Crippen molar-refractivity contribution in [1.82, 2.24) is 29.5 Å². The molecule has 0 fully saturated rings. The van der Waals surface area contributed by atoms with Gasteiger partial charge in [-0.1, -0.05) is 13.8 Å². The molecule has 4 heterocycles. The molecule has 0 bridgehead atoms. The fraction of sp³-hybridized carbons (Fsp3) is 0.294. The Labute approximate surface area is 139 Å². The number of H-pyrrole nitrogens is 1. The van der Waals surface area contributed by atoms with Crippen LogP contribution in [0.1, 0.15) is 19.5 Å². The first-order valence-electron chi connectivity index (χ1n) is 8.01. The number of anilines is 1. The summed E-state index contributed by atoms with van der Waals surface area (Å²) in [5.41, 5.74) is 4.43. The van der Waals surface area contributed by atoms with Crippen LogP contribution in [0.5, 0.6) is 0 Å². The SMILES string of the molecule is Cc1cn2nc(-c3c[nH]c4nc(NCC(C)C)ncc34)ccc2n1. The van der Waals surface area contributed by atoms with E-state index >= 15 is 0 Å². The van der Waals surface area contributed by atoms with Crippen molar-refractivity contribution >= 4 is 22.6 Å². The smallest absolute Gasteiger partial charge is 0.224 e. The lowest BCUT2D eigenvalue weighted by Gasteiger charge is -2.06. The Hall–Kier alpha value is -2.96. The van der Waals surface area contributed by atoms with Crippen LogP contribution in [-0.4, -0.2) is 36.1 Å². The Morgan fingerprint density at radius 3 is 2.96 bits per heavy atom. The Bertz CT molecular complexity index is 1010. The average molecular weight is 321 g/mol. The molecule has 2 N–H and O–H groups in total. The number of aryl methyl sites for hydroxylation is 1. The molecular weight excluding hydrogens is 302 g/mol. The number of aromatic nitrogens is 6. The number of hydrogen-bond donors (Lipinski definition) is 2. The number of aromatic amines is 1. The van der Waals surface area contributed by atoms with Crippen molar-refractivity contribution in [3.8, 4) is 11.3 Å². The van der Waals surface area contributed by atoms with Gasteiger partial charge in [-0.15, -0.1) is 0 Å². The van der Waals surface area contributed by atoms with Gasteiger partial charge in [0.15, 0.2) is 5.65 Å². The van der Waals surface area contributed by atoms with Crippen molar-refractivity contribution in [3.05, 3.63) is 36.4 Å². The summed E-state index contributed by atoms with van der Waals surface area (Å²) in [5.74, 6) is 1.18. The van der Waals surface area contributed by atoms with E-state index in [2.05, 4.69) is 44.2 Å². The first-order chi connectivity index (χ1) is 11.6. The number of imidazole rings is 1. The maximum absolute atomic E-state index is 4.63. The van der Waals surface area contributed by atoms with Gasteiger partial charge in [0.05, 0.1) is 17.6 Å². The molecule has 122 valence electrons. The van der Waals surface area contributed by atoms with Crippen LogP contribution >= 0.6 is 0 Å². The number of hydrogen-bond acceptors (Lipinski definition) is 5. The molecule has 0 aromatic carbocycles. The predicted molar refractivity (Wildman–Crippen MR) is 93.9 cm³/mol. The Kier molecular flexibility index (Phi) is 3.41. The van der Waals surface area contributed by atoms with Gasteiger partial charge < -0.3 is 10.3 Å². The third-order valence-corrected chi connectivity index (χ3v) is 3.82. The fourth-order valence-electron chi connectivity index (χ4n) is 2.64. The van der Waals surface area contributed by atoms with Crippen molar-refractivity contribution in [2.24, 2.45) is 5.92 Å². The highest BCUT2D eigenvalue weighted by Crippen LogP contribution is 2.26. The van der Waals surface area contributed by atoms with E-state index < -0.39 is 0 Å². The van der Waals surface area contributed by atoms with Gasteiger partial charge in [0.2, 0.25) is 5.95 Å². The number of rotatable bonds is 4. The van der Waals surface area contributed by atoms with Crippen LogP contribution in [-0.2, 0) is 0 Å². The van der Waals surface area contributed by atoms with Crippen LogP contribution in [0.15, 0.2) is 30.7 Å². The van der Waals surface area contributed by atoms with Crippen LogP contribution in [0, 0.1) is 12.8 Å². The van der Waals surface area contributed by atoms with Crippen molar-refractivity contribution in [3.63, 3.8) is 0 Å². The summed E-state index contributed by atoms with van der Waals surface area (Å²) in [6.07, 6.45) is 5.67. The minimum atomic E-state index is 0.540. The maximum atomic E-state index is 4.63. The summed E-state index contributed by atoms with van der Waals surface area (Å²) in [5, 5.41) is 8.83. The summed E-state index contributed by atoms with van der Waals surface area (Å²) in [6, 6.07) is 3.93. The summed E-state index contributed by atoms with van der Waals surface area (Å²) in [6.45, 7) is 7.10.